The zero-order valence-electron chi connectivity index (χ0n) is 25.0. The van der Waals surface area contributed by atoms with Crippen molar-refractivity contribution in [3.63, 3.8) is 0 Å². The first-order valence-corrected chi connectivity index (χ1v) is 15.8. The van der Waals surface area contributed by atoms with Crippen LogP contribution in [0.3, 0.4) is 0 Å². The van der Waals surface area contributed by atoms with Gasteiger partial charge in [-0.3, -0.25) is 9.34 Å². The SMILES string of the molecule is CCN(CC)P1(N(CC)CC)=C(c2ccc(OC)cc2)C=C(c2ccc(OC)cc2)C=C1c1ccc(OC)cc1. The monoisotopic (exact) mass is 558 g/mol. The molecule has 0 aliphatic carbocycles. The summed E-state index contributed by atoms with van der Waals surface area (Å²) >= 11 is 0. The number of nitrogens with zero attached hydrogens (tertiary/aromatic N) is 2. The highest BCUT2D eigenvalue weighted by molar-refractivity contribution is 7.82. The first-order valence-electron chi connectivity index (χ1n) is 14.1. The molecule has 0 aromatic heterocycles. The largest absolute Gasteiger partial charge is 0.497 e. The lowest BCUT2D eigenvalue weighted by Gasteiger charge is -2.49. The molecular formula is C34H43N2O3P. The van der Waals surface area contributed by atoms with Gasteiger partial charge in [0.05, 0.1) is 28.5 Å². The van der Waals surface area contributed by atoms with Crippen molar-refractivity contribution in [3.05, 3.63) is 102 Å². The maximum Gasteiger partial charge on any atom is 0.118 e. The van der Waals surface area contributed by atoms with Gasteiger partial charge in [-0.05, 0) is 70.8 Å². The molecule has 0 N–H and O–H groups in total. The van der Waals surface area contributed by atoms with Crippen molar-refractivity contribution < 1.29 is 14.2 Å². The molecule has 0 radical (unpaired) electrons. The average Bonchev–Trinajstić information content (AvgIpc) is 3.02. The fraction of sp³-hybridized carbons (Fsp3) is 0.324. The van der Waals surface area contributed by atoms with Crippen LogP contribution in [0.5, 0.6) is 17.2 Å². The van der Waals surface area contributed by atoms with Crippen molar-refractivity contribution in [3.8, 4) is 17.2 Å². The summed E-state index contributed by atoms with van der Waals surface area (Å²) < 4.78 is 22.0. The summed E-state index contributed by atoms with van der Waals surface area (Å²) in [6.07, 6.45) is 4.86. The van der Waals surface area contributed by atoms with E-state index in [1.807, 2.05) is 12.1 Å². The van der Waals surface area contributed by atoms with Crippen LogP contribution in [0.25, 0.3) is 10.9 Å². The van der Waals surface area contributed by atoms with Crippen molar-refractivity contribution in [2.75, 3.05) is 47.5 Å². The summed E-state index contributed by atoms with van der Waals surface area (Å²) in [5, 5.41) is 2.73. The Labute approximate surface area is 240 Å². The highest BCUT2D eigenvalue weighted by atomic mass is 31.2. The minimum absolute atomic E-state index is 0.854. The van der Waals surface area contributed by atoms with E-state index in [-0.39, 0.29) is 0 Å². The number of benzene rings is 3. The number of hydrogen-bond acceptors (Lipinski definition) is 5. The Morgan fingerprint density at radius 1 is 0.500 bits per heavy atom. The van der Waals surface area contributed by atoms with Crippen molar-refractivity contribution in [1.82, 2.24) is 9.34 Å². The van der Waals surface area contributed by atoms with Gasteiger partial charge < -0.3 is 14.2 Å². The molecule has 1 aliphatic heterocycles. The molecule has 212 valence electrons. The third-order valence-electron chi connectivity index (χ3n) is 7.73. The Morgan fingerprint density at radius 2 is 0.875 bits per heavy atom. The molecule has 3 aromatic rings. The maximum absolute atomic E-state index is 5.54. The van der Waals surface area contributed by atoms with E-state index in [0.29, 0.717) is 0 Å². The van der Waals surface area contributed by atoms with Crippen LogP contribution in [-0.2, 0) is 0 Å². The topological polar surface area (TPSA) is 34.2 Å². The molecule has 1 aliphatic rings. The Bertz CT molecular complexity index is 1360. The van der Waals surface area contributed by atoms with Gasteiger partial charge in [-0.15, -0.1) is 0 Å². The Kier molecular flexibility index (Phi) is 9.97. The molecule has 0 saturated carbocycles. The first-order chi connectivity index (χ1) is 19.5. The van der Waals surface area contributed by atoms with Crippen LogP contribution < -0.4 is 14.2 Å². The summed E-state index contributed by atoms with van der Waals surface area (Å²) in [6, 6.07) is 25.6. The fourth-order valence-electron chi connectivity index (χ4n) is 5.70. The molecule has 40 heavy (non-hydrogen) atoms. The highest BCUT2D eigenvalue weighted by Crippen LogP contribution is 2.69. The molecule has 4 rings (SSSR count). The Morgan fingerprint density at radius 3 is 1.25 bits per heavy atom. The molecular weight excluding hydrogens is 515 g/mol. The highest BCUT2D eigenvalue weighted by Gasteiger charge is 2.39. The number of methoxy groups -OCH3 is 3. The number of allylic oxidation sites excluding steroid dienone is 3. The van der Waals surface area contributed by atoms with Gasteiger partial charge in [0.25, 0.3) is 0 Å². The van der Waals surface area contributed by atoms with Crippen LogP contribution in [0, 0.1) is 0 Å². The van der Waals surface area contributed by atoms with Gasteiger partial charge in [0.2, 0.25) is 0 Å². The molecule has 0 fully saturated rings. The van der Waals surface area contributed by atoms with Gasteiger partial charge in [0, 0.05) is 36.8 Å². The van der Waals surface area contributed by atoms with E-state index in [1.165, 1.54) is 27.3 Å². The lowest BCUT2D eigenvalue weighted by molar-refractivity contribution is 0.414. The third-order valence-corrected chi connectivity index (χ3v) is 12.6. The van der Waals surface area contributed by atoms with Gasteiger partial charge in [-0.1, -0.05) is 64.1 Å². The lowest BCUT2D eigenvalue weighted by atomic mass is 10.00. The van der Waals surface area contributed by atoms with Gasteiger partial charge >= 0.3 is 0 Å². The smallest absolute Gasteiger partial charge is 0.118 e. The fourth-order valence-corrected chi connectivity index (χ4v) is 10.8. The van der Waals surface area contributed by atoms with Crippen molar-refractivity contribution in [1.29, 1.82) is 0 Å². The van der Waals surface area contributed by atoms with E-state index in [0.717, 1.165) is 49.0 Å². The van der Waals surface area contributed by atoms with Gasteiger partial charge in [-0.2, -0.15) is 0 Å². The first kappa shape index (κ1) is 29.7. The van der Waals surface area contributed by atoms with Crippen LogP contribution in [0.2, 0.25) is 0 Å². The second-order valence-electron chi connectivity index (χ2n) is 9.58. The number of ether oxygens (including phenoxy) is 3. The quantitative estimate of drug-likeness (QED) is 0.211. The summed E-state index contributed by atoms with van der Waals surface area (Å²) in [7, 11) is 2.91. The maximum atomic E-state index is 5.54. The van der Waals surface area contributed by atoms with Crippen LogP contribution in [0.4, 0.5) is 0 Å². The summed E-state index contributed by atoms with van der Waals surface area (Å²) in [6.45, 7) is 12.9. The van der Waals surface area contributed by atoms with Crippen LogP contribution in [-0.4, -0.2) is 62.1 Å². The number of hydrogen-bond donors (Lipinski definition) is 0. The normalized spacial score (nSPS) is 14.7. The van der Waals surface area contributed by atoms with Crippen LogP contribution in [0.1, 0.15) is 44.4 Å². The van der Waals surface area contributed by atoms with E-state index in [1.54, 1.807) is 21.3 Å². The van der Waals surface area contributed by atoms with E-state index in [2.05, 4.69) is 110 Å². The van der Waals surface area contributed by atoms with Crippen LogP contribution >= 0.6 is 7.19 Å². The predicted molar refractivity (Wildman–Crippen MR) is 172 cm³/mol. The number of rotatable bonds is 12. The van der Waals surface area contributed by atoms with Crippen LogP contribution in [0.15, 0.2) is 84.9 Å². The molecule has 0 amide bonds. The molecule has 3 aromatic carbocycles. The minimum Gasteiger partial charge on any atom is -0.497 e. The molecule has 0 atom stereocenters. The second kappa shape index (κ2) is 13.4. The van der Waals surface area contributed by atoms with Gasteiger partial charge in [0.1, 0.15) is 17.2 Å². The summed E-state index contributed by atoms with van der Waals surface area (Å²) in [4.78, 5) is 0. The van der Waals surface area contributed by atoms with E-state index in [9.17, 15) is 0 Å². The molecule has 6 heteroatoms. The lowest BCUT2D eigenvalue weighted by Crippen LogP contribution is -2.36. The average molecular weight is 559 g/mol. The zero-order valence-corrected chi connectivity index (χ0v) is 25.9. The van der Waals surface area contributed by atoms with Gasteiger partial charge in [-0.25, -0.2) is 0 Å². The molecule has 0 saturated heterocycles. The van der Waals surface area contributed by atoms with Crippen molar-refractivity contribution in [2.24, 2.45) is 0 Å². The van der Waals surface area contributed by atoms with E-state index < -0.39 is 7.19 Å². The Hall–Kier alpha value is -3.24. The zero-order chi connectivity index (χ0) is 28.7. The van der Waals surface area contributed by atoms with E-state index >= 15 is 0 Å². The Balaban J connectivity index is 2.17. The van der Waals surface area contributed by atoms with Crippen molar-refractivity contribution >= 4 is 23.4 Å². The second-order valence-corrected chi connectivity index (χ2v) is 12.9. The molecule has 0 spiro atoms. The molecule has 0 bridgehead atoms. The molecule has 0 unspecified atom stereocenters. The summed E-state index contributed by atoms with van der Waals surface area (Å²) in [5.41, 5.74) is 4.79. The minimum atomic E-state index is -2.23. The summed E-state index contributed by atoms with van der Waals surface area (Å²) in [5.74, 6) is 2.58. The van der Waals surface area contributed by atoms with E-state index in [4.69, 9.17) is 14.2 Å². The van der Waals surface area contributed by atoms with Gasteiger partial charge in [0.15, 0.2) is 0 Å². The predicted octanol–water partition coefficient (Wildman–Crippen LogP) is 7.90. The molecule has 5 nitrogen and oxygen atoms in total. The third kappa shape index (κ3) is 5.51. The molecule has 1 heterocycles. The van der Waals surface area contributed by atoms with Crippen molar-refractivity contribution in [2.45, 2.75) is 27.7 Å². The standard InChI is InChI=1S/C34H43N2O3P/c1-8-35(9-2)40(36(10-3)11-4)33(27-14-20-31(38-6)21-15-27)24-29(26-12-18-30(37-5)19-13-26)25-34(40)28-16-22-32(39-7)23-17-28/h12-25H,8-11H2,1-7H3.